The number of benzene rings is 3. The highest BCUT2D eigenvalue weighted by molar-refractivity contribution is 6.32. The van der Waals surface area contributed by atoms with E-state index in [4.69, 9.17) is 11.6 Å². The summed E-state index contributed by atoms with van der Waals surface area (Å²) < 4.78 is 0. The Kier molecular flexibility index (Phi) is 3.98. The molecule has 1 aliphatic carbocycles. The molecule has 2 nitrogen and oxygen atoms in total. The molecule has 0 spiro atoms. The number of ketones is 2. The highest BCUT2D eigenvalue weighted by Gasteiger charge is 2.44. The average Bonchev–Trinajstić information content (AvgIpc) is 2.90. The van der Waals surface area contributed by atoms with Gasteiger partial charge in [-0.1, -0.05) is 84.4 Å². The molecule has 4 rings (SSSR count). The fraction of sp³-hybridized carbons (Fsp3) is 0.0909. The van der Waals surface area contributed by atoms with Gasteiger partial charge in [0.2, 0.25) is 0 Å². The predicted octanol–water partition coefficient (Wildman–Crippen LogP) is 5.17. The maximum Gasteiger partial charge on any atom is 0.175 e. The zero-order valence-corrected chi connectivity index (χ0v) is 14.1. The lowest BCUT2D eigenvalue weighted by atomic mass is 9.78. The molecule has 0 saturated heterocycles. The number of hydrogen-bond donors (Lipinski definition) is 0. The van der Waals surface area contributed by atoms with Crippen LogP contribution in [0.3, 0.4) is 0 Å². The summed E-state index contributed by atoms with van der Waals surface area (Å²) >= 11 is 6.43. The first-order chi connectivity index (χ1) is 12.2. The minimum absolute atomic E-state index is 0.130. The fourth-order valence-corrected chi connectivity index (χ4v) is 3.86. The quantitative estimate of drug-likeness (QED) is 0.613. The van der Waals surface area contributed by atoms with Crippen molar-refractivity contribution in [1.29, 1.82) is 0 Å². The van der Waals surface area contributed by atoms with Gasteiger partial charge < -0.3 is 0 Å². The average molecular weight is 347 g/mol. The van der Waals surface area contributed by atoms with E-state index in [0.29, 0.717) is 16.1 Å². The zero-order chi connectivity index (χ0) is 17.4. The van der Waals surface area contributed by atoms with Gasteiger partial charge in [0, 0.05) is 22.1 Å². The van der Waals surface area contributed by atoms with Gasteiger partial charge in [-0.25, -0.2) is 0 Å². The Labute approximate surface area is 151 Å². The Hall–Kier alpha value is -2.71. The number of carbonyl (C=O) groups excluding carboxylic acids is 2. The Morgan fingerprint density at radius 1 is 0.680 bits per heavy atom. The Morgan fingerprint density at radius 3 is 1.80 bits per heavy atom. The number of fused-ring (bicyclic) bond motifs is 1. The number of halogens is 1. The summed E-state index contributed by atoms with van der Waals surface area (Å²) in [6, 6.07) is 24.1. The van der Waals surface area contributed by atoms with Crippen LogP contribution in [0.1, 0.15) is 37.8 Å². The van der Waals surface area contributed by atoms with E-state index in [1.165, 1.54) is 0 Å². The molecule has 1 unspecified atom stereocenters. The summed E-state index contributed by atoms with van der Waals surface area (Å²) in [6.45, 7) is 0. The van der Waals surface area contributed by atoms with E-state index in [9.17, 15) is 9.59 Å². The van der Waals surface area contributed by atoms with Crippen LogP contribution >= 0.6 is 11.6 Å². The SMILES string of the molecule is O=C1c2ccccc2C(=O)C1C(c1ccccc1)c1ccccc1Cl. The van der Waals surface area contributed by atoms with Gasteiger partial charge >= 0.3 is 0 Å². The van der Waals surface area contributed by atoms with Crippen LogP contribution < -0.4 is 0 Å². The smallest absolute Gasteiger partial charge is 0.175 e. The molecule has 3 aromatic carbocycles. The van der Waals surface area contributed by atoms with E-state index in [1.54, 1.807) is 30.3 Å². The minimum atomic E-state index is -0.778. The molecule has 0 aliphatic heterocycles. The maximum absolute atomic E-state index is 13.0. The van der Waals surface area contributed by atoms with Gasteiger partial charge in [0.1, 0.15) is 0 Å². The molecule has 0 N–H and O–H groups in total. The molecule has 0 fully saturated rings. The van der Waals surface area contributed by atoms with Crippen molar-refractivity contribution >= 4 is 23.2 Å². The highest BCUT2D eigenvalue weighted by atomic mass is 35.5. The van der Waals surface area contributed by atoms with Crippen LogP contribution in [0.25, 0.3) is 0 Å². The second kappa shape index (κ2) is 6.30. The van der Waals surface area contributed by atoms with Gasteiger partial charge in [-0.05, 0) is 17.2 Å². The number of rotatable bonds is 3. The Balaban J connectivity index is 1.90. The molecular weight excluding hydrogens is 332 g/mol. The molecule has 0 amide bonds. The summed E-state index contributed by atoms with van der Waals surface area (Å²) in [6.07, 6.45) is 0. The Morgan fingerprint density at radius 2 is 1.20 bits per heavy atom. The van der Waals surface area contributed by atoms with E-state index in [0.717, 1.165) is 11.1 Å². The van der Waals surface area contributed by atoms with Crippen molar-refractivity contribution in [3.63, 3.8) is 0 Å². The molecular formula is C22H15ClO2. The highest BCUT2D eigenvalue weighted by Crippen LogP contribution is 2.42. The summed E-state index contributed by atoms with van der Waals surface area (Å²) in [5.74, 6) is -1.44. The fourth-order valence-electron chi connectivity index (χ4n) is 3.61. The van der Waals surface area contributed by atoms with Crippen LogP contribution in [-0.4, -0.2) is 11.6 Å². The lowest BCUT2D eigenvalue weighted by Crippen LogP contribution is -2.25. The second-order valence-corrected chi connectivity index (χ2v) is 6.57. The van der Waals surface area contributed by atoms with Crippen molar-refractivity contribution in [2.45, 2.75) is 5.92 Å². The molecule has 1 aliphatic rings. The summed E-state index contributed by atoms with van der Waals surface area (Å²) in [7, 11) is 0. The van der Waals surface area contributed by atoms with Crippen LogP contribution in [0.15, 0.2) is 78.9 Å². The van der Waals surface area contributed by atoms with Crippen molar-refractivity contribution in [1.82, 2.24) is 0 Å². The van der Waals surface area contributed by atoms with Gasteiger partial charge in [-0.2, -0.15) is 0 Å². The molecule has 122 valence electrons. The number of carbonyl (C=O) groups is 2. The molecule has 0 aromatic heterocycles. The van der Waals surface area contributed by atoms with E-state index < -0.39 is 11.8 Å². The van der Waals surface area contributed by atoms with Gasteiger partial charge in [-0.15, -0.1) is 0 Å². The van der Waals surface area contributed by atoms with Gasteiger partial charge in [0.05, 0.1) is 5.92 Å². The van der Waals surface area contributed by atoms with Crippen molar-refractivity contribution in [3.05, 3.63) is 106 Å². The minimum Gasteiger partial charge on any atom is -0.293 e. The topological polar surface area (TPSA) is 34.1 Å². The third-order valence-electron chi connectivity index (χ3n) is 4.76. The lowest BCUT2D eigenvalue weighted by molar-refractivity contribution is 0.0825. The largest absolute Gasteiger partial charge is 0.293 e. The van der Waals surface area contributed by atoms with Crippen LogP contribution in [0.4, 0.5) is 0 Å². The molecule has 25 heavy (non-hydrogen) atoms. The van der Waals surface area contributed by atoms with Gasteiger partial charge in [0.15, 0.2) is 11.6 Å². The van der Waals surface area contributed by atoms with Crippen molar-refractivity contribution in [2.24, 2.45) is 5.92 Å². The van der Waals surface area contributed by atoms with Gasteiger partial charge in [0.25, 0.3) is 0 Å². The standard InChI is InChI=1S/C22H15ClO2/c23-18-13-7-6-12-17(18)19(14-8-2-1-3-9-14)20-21(24)15-10-4-5-11-16(15)22(20)25/h1-13,19-20H. The van der Waals surface area contributed by atoms with Crippen LogP contribution in [-0.2, 0) is 0 Å². The molecule has 3 heteroatoms. The van der Waals surface area contributed by atoms with E-state index in [1.807, 2.05) is 48.5 Å². The first-order valence-corrected chi connectivity index (χ1v) is 8.53. The van der Waals surface area contributed by atoms with E-state index in [-0.39, 0.29) is 11.6 Å². The Bertz CT molecular complexity index is 928. The molecule has 0 radical (unpaired) electrons. The molecule has 0 saturated carbocycles. The van der Waals surface area contributed by atoms with Crippen molar-refractivity contribution in [2.75, 3.05) is 0 Å². The normalized spacial score (nSPS) is 15.2. The molecule has 0 heterocycles. The van der Waals surface area contributed by atoms with Crippen LogP contribution in [0.5, 0.6) is 0 Å². The summed E-state index contributed by atoms with van der Waals surface area (Å²) in [4.78, 5) is 26.1. The lowest BCUT2D eigenvalue weighted by Gasteiger charge is -2.23. The third-order valence-corrected chi connectivity index (χ3v) is 5.10. The third kappa shape index (κ3) is 2.59. The van der Waals surface area contributed by atoms with E-state index >= 15 is 0 Å². The first-order valence-electron chi connectivity index (χ1n) is 8.15. The maximum atomic E-state index is 13.0. The monoisotopic (exact) mass is 346 g/mol. The summed E-state index contributed by atoms with van der Waals surface area (Å²) in [5, 5.41) is 0.563. The first kappa shape index (κ1) is 15.8. The van der Waals surface area contributed by atoms with Crippen molar-refractivity contribution < 1.29 is 9.59 Å². The number of Topliss-reactive ketones (excluding diaryl/α,β-unsaturated/α-hetero) is 2. The molecule has 3 aromatic rings. The van der Waals surface area contributed by atoms with Gasteiger partial charge in [-0.3, -0.25) is 9.59 Å². The van der Waals surface area contributed by atoms with Crippen LogP contribution in [0.2, 0.25) is 5.02 Å². The second-order valence-electron chi connectivity index (χ2n) is 6.16. The van der Waals surface area contributed by atoms with E-state index in [2.05, 4.69) is 0 Å². The molecule has 0 bridgehead atoms. The zero-order valence-electron chi connectivity index (χ0n) is 13.4. The number of hydrogen-bond acceptors (Lipinski definition) is 2. The molecule has 1 atom stereocenters. The van der Waals surface area contributed by atoms with Crippen molar-refractivity contribution in [3.8, 4) is 0 Å². The predicted molar refractivity (Wildman–Crippen MR) is 98.3 cm³/mol. The summed E-state index contributed by atoms with van der Waals surface area (Å²) in [5.41, 5.74) is 2.72. The van der Waals surface area contributed by atoms with Crippen LogP contribution in [0, 0.1) is 5.92 Å².